The third kappa shape index (κ3) is 1.99. The van der Waals surface area contributed by atoms with Crippen LogP contribution in [0.3, 0.4) is 0 Å². The molecule has 1 heterocycles. The van der Waals surface area contributed by atoms with Gasteiger partial charge >= 0.3 is 0 Å². The van der Waals surface area contributed by atoms with E-state index in [2.05, 4.69) is 17.2 Å². The van der Waals surface area contributed by atoms with Crippen LogP contribution in [0.15, 0.2) is 18.2 Å². The Bertz CT molecular complexity index is 450. The van der Waals surface area contributed by atoms with E-state index in [0.29, 0.717) is 0 Å². The van der Waals surface area contributed by atoms with Crippen LogP contribution in [-0.4, -0.2) is 20.1 Å². The number of hydrogen-bond donors (Lipinski definition) is 1. The van der Waals surface area contributed by atoms with Crippen molar-refractivity contribution >= 4 is 11.0 Å². The summed E-state index contributed by atoms with van der Waals surface area (Å²) >= 11 is 0. The Labute approximate surface area is 88.5 Å². The van der Waals surface area contributed by atoms with E-state index in [1.165, 1.54) is 0 Å². The van der Waals surface area contributed by atoms with Crippen molar-refractivity contribution in [2.75, 3.05) is 0 Å². The zero-order valence-corrected chi connectivity index (χ0v) is 8.85. The van der Waals surface area contributed by atoms with Gasteiger partial charge in [-0.3, -0.25) is 0 Å². The lowest BCUT2D eigenvalue weighted by Crippen LogP contribution is -1.99. The molecule has 80 valence electrons. The number of aliphatic hydroxyl groups is 1. The van der Waals surface area contributed by atoms with Crippen molar-refractivity contribution in [1.29, 1.82) is 0 Å². The lowest BCUT2D eigenvalue weighted by atomic mass is 10.2. The van der Waals surface area contributed by atoms with Crippen LogP contribution in [0.5, 0.6) is 0 Å². The van der Waals surface area contributed by atoms with E-state index >= 15 is 0 Å². The van der Waals surface area contributed by atoms with E-state index in [1.807, 2.05) is 22.9 Å². The maximum absolute atomic E-state index is 8.99. The van der Waals surface area contributed by atoms with Gasteiger partial charge in [0, 0.05) is 6.54 Å². The molecule has 0 amide bonds. The maximum Gasteiger partial charge on any atom is 0.113 e. The number of benzene rings is 1. The van der Waals surface area contributed by atoms with Crippen LogP contribution < -0.4 is 0 Å². The minimum atomic E-state index is 0.0533. The first-order chi connectivity index (χ1) is 7.35. The number of aromatic nitrogens is 3. The van der Waals surface area contributed by atoms with Crippen molar-refractivity contribution in [2.24, 2.45) is 0 Å². The van der Waals surface area contributed by atoms with Gasteiger partial charge in [0.15, 0.2) is 0 Å². The molecule has 0 bridgehead atoms. The summed E-state index contributed by atoms with van der Waals surface area (Å²) in [6.07, 6.45) is 2.26. The van der Waals surface area contributed by atoms with Gasteiger partial charge in [-0.15, -0.1) is 5.10 Å². The number of unbranched alkanes of at least 4 members (excludes halogenated alkanes) is 1. The predicted octanol–water partition coefficient (Wildman–Crippen LogP) is 1.72. The van der Waals surface area contributed by atoms with Crippen LogP contribution in [0, 0.1) is 0 Å². The molecule has 0 aliphatic heterocycles. The normalized spacial score (nSPS) is 11.1. The molecule has 4 nitrogen and oxygen atoms in total. The van der Waals surface area contributed by atoms with Gasteiger partial charge in [0.1, 0.15) is 5.52 Å². The van der Waals surface area contributed by atoms with Gasteiger partial charge in [-0.25, -0.2) is 4.68 Å². The quantitative estimate of drug-likeness (QED) is 0.826. The molecule has 1 aromatic heterocycles. The van der Waals surface area contributed by atoms with Crippen molar-refractivity contribution in [3.8, 4) is 0 Å². The number of fused-ring (bicyclic) bond motifs is 1. The molecule has 1 N–H and O–H groups in total. The first-order valence-electron chi connectivity index (χ1n) is 5.28. The Hall–Kier alpha value is -1.42. The summed E-state index contributed by atoms with van der Waals surface area (Å²) in [6, 6.07) is 5.76. The van der Waals surface area contributed by atoms with Crippen LogP contribution in [0.25, 0.3) is 11.0 Å². The number of rotatable bonds is 4. The van der Waals surface area contributed by atoms with Crippen molar-refractivity contribution < 1.29 is 5.11 Å². The standard InChI is InChI=1S/C11H15N3O/c1-2-3-6-14-11-5-4-9(8-15)7-10(11)12-13-14/h4-5,7,15H,2-3,6,8H2,1H3. The lowest BCUT2D eigenvalue weighted by Gasteiger charge is -2.00. The van der Waals surface area contributed by atoms with E-state index < -0.39 is 0 Å². The largest absolute Gasteiger partial charge is 0.392 e. The van der Waals surface area contributed by atoms with Crippen molar-refractivity contribution in [2.45, 2.75) is 32.9 Å². The van der Waals surface area contributed by atoms with Crippen LogP contribution in [-0.2, 0) is 13.2 Å². The number of nitrogens with zero attached hydrogens (tertiary/aromatic N) is 3. The fourth-order valence-electron chi connectivity index (χ4n) is 1.59. The average Bonchev–Trinajstić information content (AvgIpc) is 2.68. The second kappa shape index (κ2) is 4.40. The number of hydrogen-bond acceptors (Lipinski definition) is 3. The van der Waals surface area contributed by atoms with E-state index in [-0.39, 0.29) is 6.61 Å². The summed E-state index contributed by atoms with van der Waals surface area (Å²) in [5, 5.41) is 17.2. The van der Waals surface area contributed by atoms with Crippen molar-refractivity contribution in [1.82, 2.24) is 15.0 Å². The van der Waals surface area contributed by atoms with Crippen LogP contribution in [0.1, 0.15) is 25.3 Å². The van der Waals surface area contributed by atoms with E-state index in [0.717, 1.165) is 36.0 Å². The Morgan fingerprint density at radius 1 is 1.40 bits per heavy atom. The number of aryl methyl sites for hydroxylation is 1. The maximum atomic E-state index is 8.99. The minimum absolute atomic E-state index is 0.0533. The van der Waals surface area contributed by atoms with E-state index in [9.17, 15) is 0 Å². The highest BCUT2D eigenvalue weighted by atomic mass is 16.3. The molecule has 2 rings (SSSR count). The van der Waals surface area contributed by atoms with Crippen LogP contribution in [0.2, 0.25) is 0 Å². The van der Waals surface area contributed by atoms with Gasteiger partial charge in [0.2, 0.25) is 0 Å². The molecule has 0 saturated carbocycles. The van der Waals surface area contributed by atoms with Gasteiger partial charge in [0.05, 0.1) is 12.1 Å². The average molecular weight is 205 g/mol. The molecule has 0 atom stereocenters. The molecule has 0 aliphatic rings. The van der Waals surface area contributed by atoms with Crippen molar-refractivity contribution in [3.63, 3.8) is 0 Å². The fraction of sp³-hybridized carbons (Fsp3) is 0.455. The second-order valence-electron chi connectivity index (χ2n) is 3.65. The molecular formula is C11H15N3O. The summed E-state index contributed by atoms with van der Waals surface area (Å²) in [4.78, 5) is 0. The first-order valence-corrected chi connectivity index (χ1v) is 5.28. The molecular weight excluding hydrogens is 190 g/mol. The van der Waals surface area contributed by atoms with Gasteiger partial charge in [-0.2, -0.15) is 0 Å². The van der Waals surface area contributed by atoms with Crippen LogP contribution >= 0.6 is 0 Å². The molecule has 0 fully saturated rings. The third-order valence-corrected chi connectivity index (χ3v) is 2.48. The summed E-state index contributed by atoms with van der Waals surface area (Å²) < 4.78 is 1.92. The third-order valence-electron chi connectivity index (χ3n) is 2.48. The van der Waals surface area contributed by atoms with Crippen LogP contribution in [0.4, 0.5) is 0 Å². The van der Waals surface area contributed by atoms with Gasteiger partial charge < -0.3 is 5.11 Å². The zero-order chi connectivity index (χ0) is 10.7. The SMILES string of the molecule is CCCCn1nnc2cc(CO)ccc21. The van der Waals surface area contributed by atoms with E-state index in [4.69, 9.17) is 5.11 Å². The first kappa shape index (κ1) is 10.1. The molecule has 0 spiro atoms. The molecule has 15 heavy (non-hydrogen) atoms. The summed E-state index contributed by atoms with van der Waals surface area (Å²) in [6.45, 7) is 3.12. The smallest absolute Gasteiger partial charge is 0.113 e. The van der Waals surface area contributed by atoms with E-state index in [1.54, 1.807) is 0 Å². The topological polar surface area (TPSA) is 50.9 Å². The highest BCUT2D eigenvalue weighted by molar-refractivity contribution is 5.74. The summed E-state index contributed by atoms with van der Waals surface area (Å²) in [7, 11) is 0. The number of aliphatic hydroxyl groups excluding tert-OH is 1. The predicted molar refractivity (Wildman–Crippen MR) is 58.4 cm³/mol. The highest BCUT2D eigenvalue weighted by Gasteiger charge is 2.04. The summed E-state index contributed by atoms with van der Waals surface area (Å²) in [5.74, 6) is 0. The Morgan fingerprint density at radius 2 is 2.27 bits per heavy atom. The van der Waals surface area contributed by atoms with Gasteiger partial charge in [-0.05, 0) is 24.1 Å². The molecule has 2 aromatic rings. The molecule has 0 unspecified atom stereocenters. The fourth-order valence-corrected chi connectivity index (χ4v) is 1.59. The Morgan fingerprint density at radius 3 is 3.00 bits per heavy atom. The monoisotopic (exact) mass is 205 g/mol. The molecule has 1 aromatic carbocycles. The lowest BCUT2D eigenvalue weighted by molar-refractivity contribution is 0.282. The molecule has 0 saturated heterocycles. The Kier molecular flexibility index (Phi) is 2.97. The Balaban J connectivity index is 2.34. The summed E-state index contributed by atoms with van der Waals surface area (Å²) in [5.41, 5.74) is 2.78. The molecule has 4 heteroatoms. The highest BCUT2D eigenvalue weighted by Crippen LogP contribution is 2.13. The van der Waals surface area contributed by atoms with Gasteiger partial charge in [-0.1, -0.05) is 24.6 Å². The second-order valence-corrected chi connectivity index (χ2v) is 3.65. The van der Waals surface area contributed by atoms with Gasteiger partial charge in [0.25, 0.3) is 0 Å². The molecule has 0 radical (unpaired) electrons. The minimum Gasteiger partial charge on any atom is -0.392 e. The van der Waals surface area contributed by atoms with Crippen molar-refractivity contribution in [3.05, 3.63) is 23.8 Å². The molecule has 0 aliphatic carbocycles. The zero-order valence-electron chi connectivity index (χ0n) is 8.85.